The monoisotopic (exact) mass is 252 g/mol. The van der Waals surface area contributed by atoms with Crippen molar-refractivity contribution in [1.29, 1.82) is 0 Å². The van der Waals surface area contributed by atoms with Crippen molar-refractivity contribution >= 4 is 34.3 Å². The maximum Gasteiger partial charge on any atom is 0.186 e. The van der Waals surface area contributed by atoms with Crippen molar-refractivity contribution in [2.24, 2.45) is 0 Å². The van der Waals surface area contributed by atoms with Gasteiger partial charge >= 0.3 is 0 Å². The lowest BCUT2D eigenvalue weighted by molar-refractivity contribution is 0.564. The summed E-state index contributed by atoms with van der Waals surface area (Å²) in [5.74, 6) is 0. The quantitative estimate of drug-likeness (QED) is 0.836. The van der Waals surface area contributed by atoms with Crippen LogP contribution in [0.3, 0.4) is 0 Å². The molecular weight excluding hydrogens is 243 g/mol. The van der Waals surface area contributed by atoms with Crippen LogP contribution in [0.2, 0.25) is 10.0 Å². The van der Waals surface area contributed by atoms with Crippen LogP contribution in [-0.2, 0) is 17.5 Å². The Hall–Kier alpha value is -0.0900. The molecule has 0 aliphatic carbocycles. The van der Waals surface area contributed by atoms with E-state index in [2.05, 4.69) is 0 Å². The Balaban J connectivity index is 3.18. The molecule has 0 amide bonds. The van der Waals surface area contributed by atoms with Gasteiger partial charge in [0.2, 0.25) is 0 Å². The van der Waals surface area contributed by atoms with Gasteiger partial charge in [0.25, 0.3) is 0 Å². The Kier molecular flexibility index (Phi) is 4.38. The SMILES string of the molecule is CCCc1c(Cl)cc(S(=O)O)cc1Cl. The van der Waals surface area contributed by atoms with Gasteiger partial charge in [0.15, 0.2) is 11.1 Å². The summed E-state index contributed by atoms with van der Waals surface area (Å²) in [4.78, 5) is 0.236. The van der Waals surface area contributed by atoms with Crippen LogP contribution in [0, 0.1) is 0 Å². The molecule has 1 aromatic rings. The van der Waals surface area contributed by atoms with Crippen LogP contribution in [0.15, 0.2) is 17.0 Å². The van der Waals surface area contributed by atoms with Gasteiger partial charge in [0, 0.05) is 10.0 Å². The fourth-order valence-corrected chi connectivity index (χ4v) is 2.41. The van der Waals surface area contributed by atoms with Crippen molar-refractivity contribution in [2.45, 2.75) is 24.7 Å². The molecule has 0 saturated carbocycles. The largest absolute Gasteiger partial charge is 0.302 e. The van der Waals surface area contributed by atoms with E-state index in [-0.39, 0.29) is 4.90 Å². The summed E-state index contributed by atoms with van der Waals surface area (Å²) in [5.41, 5.74) is 0.838. The van der Waals surface area contributed by atoms with E-state index in [9.17, 15) is 4.21 Å². The third-order valence-electron chi connectivity index (χ3n) is 1.82. The minimum Gasteiger partial charge on any atom is -0.302 e. The molecule has 0 radical (unpaired) electrons. The zero-order valence-electron chi connectivity index (χ0n) is 7.59. The molecule has 14 heavy (non-hydrogen) atoms. The number of hydrogen-bond acceptors (Lipinski definition) is 1. The highest BCUT2D eigenvalue weighted by atomic mass is 35.5. The number of benzene rings is 1. The number of hydrogen-bond donors (Lipinski definition) is 1. The van der Waals surface area contributed by atoms with Gasteiger partial charge in [0.05, 0.1) is 4.90 Å². The van der Waals surface area contributed by atoms with Crippen molar-refractivity contribution < 1.29 is 8.76 Å². The summed E-state index contributed by atoms with van der Waals surface area (Å²) in [6, 6.07) is 2.96. The molecule has 0 aromatic heterocycles. The molecule has 1 N–H and O–H groups in total. The van der Waals surface area contributed by atoms with Crippen molar-refractivity contribution in [3.63, 3.8) is 0 Å². The molecular formula is C9H10Cl2O2S. The van der Waals surface area contributed by atoms with Gasteiger partial charge in [-0.2, -0.15) is 0 Å². The van der Waals surface area contributed by atoms with E-state index in [0.717, 1.165) is 18.4 Å². The van der Waals surface area contributed by atoms with Crippen LogP contribution >= 0.6 is 23.2 Å². The number of halogens is 2. The van der Waals surface area contributed by atoms with Gasteiger partial charge in [-0.15, -0.1) is 0 Å². The first-order valence-corrected chi connectivity index (χ1v) is 6.01. The normalized spacial score (nSPS) is 12.9. The van der Waals surface area contributed by atoms with Gasteiger partial charge in [-0.05, 0) is 24.1 Å². The molecule has 0 fully saturated rings. The highest BCUT2D eigenvalue weighted by Gasteiger charge is 2.09. The van der Waals surface area contributed by atoms with Gasteiger partial charge in [-0.1, -0.05) is 36.5 Å². The Bertz CT molecular complexity index is 343. The van der Waals surface area contributed by atoms with Gasteiger partial charge in [-0.3, -0.25) is 0 Å². The van der Waals surface area contributed by atoms with Crippen LogP contribution in [0.5, 0.6) is 0 Å². The molecule has 0 saturated heterocycles. The summed E-state index contributed by atoms with van der Waals surface area (Å²) in [6.07, 6.45) is 1.71. The molecule has 78 valence electrons. The van der Waals surface area contributed by atoms with E-state index < -0.39 is 11.1 Å². The van der Waals surface area contributed by atoms with Crippen LogP contribution < -0.4 is 0 Å². The third kappa shape index (κ3) is 2.70. The van der Waals surface area contributed by atoms with Gasteiger partial charge in [0.1, 0.15) is 0 Å². The lowest BCUT2D eigenvalue weighted by Crippen LogP contribution is -1.93. The molecule has 1 unspecified atom stereocenters. The molecule has 0 bridgehead atoms. The average Bonchev–Trinajstić information content (AvgIpc) is 2.10. The predicted octanol–water partition coefficient (Wildman–Crippen LogP) is 3.53. The highest BCUT2D eigenvalue weighted by Crippen LogP contribution is 2.28. The summed E-state index contributed by atoms with van der Waals surface area (Å²) in [6.45, 7) is 2.02. The Labute approximate surface area is 95.5 Å². The van der Waals surface area contributed by atoms with Crippen molar-refractivity contribution in [3.8, 4) is 0 Å². The molecule has 0 heterocycles. The maximum absolute atomic E-state index is 10.8. The fraction of sp³-hybridized carbons (Fsp3) is 0.333. The highest BCUT2D eigenvalue weighted by molar-refractivity contribution is 7.79. The lowest BCUT2D eigenvalue weighted by atomic mass is 10.1. The molecule has 1 atom stereocenters. The van der Waals surface area contributed by atoms with Crippen molar-refractivity contribution in [1.82, 2.24) is 0 Å². The Morgan fingerprint density at radius 1 is 1.36 bits per heavy atom. The molecule has 2 nitrogen and oxygen atoms in total. The molecule has 1 aromatic carbocycles. The van der Waals surface area contributed by atoms with E-state index >= 15 is 0 Å². The summed E-state index contributed by atoms with van der Waals surface area (Å²) in [5, 5.41) is 0.911. The summed E-state index contributed by atoms with van der Waals surface area (Å²) in [7, 11) is 0. The van der Waals surface area contributed by atoms with E-state index in [1.165, 1.54) is 12.1 Å². The fourth-order valence-electron chi connectivity index (χ4n) is 1.17. The topological polar surface area (TPSA) is 37.3 Å². The van der Waals surface area contributed by atoms with E-state index in [1.807, 2.05) is 6.92 Å². The molecule has 0 aliphatic heterocycles. The van der Waals surface area contributed by atoms with Gasteiger partial charge in [-0.25, -0.2) is 4.21 Å². The second-order valence-electron chi connectivity index (χ2n) is 2.86. The Morgan fingerprint density at radius 3 is 2.21 bits per heavy atom. The standard InChI is InChI=1S/C9H10Cl2O2S/c1-2-3-7-8(10)4-6(14(12)13)5-9(7)11/h4-5H,2-3H2,1H3,(H,12,13). The van der Waals surface area contributed by atoms with Gasteiger partial charge < -0.3 is 4.55 Å². The maximum atomic E-state index is 10.8. The first-order chi connectivity index (χ1) is 6.56. The van der Waals surface area contributed by atoms with Crippen molar-refractivity contribution in [2.75, 3.05) is 0 Å². The molecule has 5 heteroatoms. The third-order valence-corrected chi connectivity index (χ3v) is 3.13. The first-order valence-electron chi connectivity index (χ1n) is 4.15. The number of rotatable bonds is 3. The minimum atomic E-state index is -2.03. The first kappa shape index (κ1) is 12.0. The van der Waals surface area contributed by atoms with E-state index in [0.29, 0.717) is 10.0 Å². The zero-order chi connectivity index (χ0) is 10.7. The average molecular weight is 253 g/mol. The summed E-state index contributed by atoms with van der Waals surface area (Å²) < 4.78 is 19.6. The lowest BCUT2D eigenvalue weighted by Gasteiger charge is -2.06. The summed E-state index contributed by atoms with van der Waals surface area (Å²) >= 11 is 9.82. The van der Waals surface area contributed by atoms with Crippen LogP contribution in [0.25, 0.3) is 0 Å². The predicted molar refractivity (Wildman–Crippen MR) is 59.5 cm³/mol. The second-order valence-corrected chi connectivity index (χ2v) is 4.65. The Morgan fingerprint density at radius 2 is 1.86 bits per heavy atom. The second kappa shape index (κ2) is 5.12. The molecule has 1 rings (SSSR count). The van der Waals surface area contributed by atoms with Crippen LogP contribution in [-0.4, -0.2) is 8.76 Å². The molecule has 0 spiro atoms. The zero-order valence-corrected chi connectivity index (χ0v) is 9.92. The van der Waals surface area contributed by atoms with Crippen LogP contribution in [0.4, 0.5) is 0 Å². The molecule has 0 aliphatic rings. The van der Waals surface area contributed by atoms with E-state index in [1.54, 1.807) is 0 Å². The smallest absolute Gasteiger partial charge is 0.186 e. The van der Waals surface area contributed by atoms with Crippen LogP contribution in [0.1, 0.15) is 18.9 Å². The minimum absolute atomic E-state index is 0.236. The van der Waals surface area contributed by atoms with Crippen molar-refractivity contribution in [3.05, 3.63) is 27.7 Å². The van der Waals surface area contributed by atoms with E-state index in [4.69, 9.17) is 27.8 Å².